The number of hydrogen-bond donors (Lipinski definition) is 5. The number of carbonyl (C=O) groups excluding carboxylic acids is 3. The number of aromatic amines is 1. The van der Waals surface area contributed by atoms with Crippen LogP contribution in [0.3, 0.4) is 0 Å². The highest BCUT2D eigenvalue weighted by molar-refractivity contribution is 7.98. The van der Waals surface area contributed by atoms with E-state index in [0.717, 1.165) is 16.5 Å². The lowest BCUT2D eigenvalue weighted by Crippen LogP contribution is -2.58. The molecule has 4 unspecified atom stereocenters. The number of carbonyl (C=O) groups is 4. The van der Waals surface area contributed by atoms with Gasteiger partial charge < -0.3 is 31.4 Å². The molecular weight excluding hydrogens is 494 g/mol. The molecule has 10 nitrogen and oxygen atoms in total. The van der Waals surface area contributed by atoms with Crippen molar-refractivity contribution >= 4 is 46.4 Å². The van der Waals surface area contributed by atoms with Gasteiger partial charge in [-0.1, -0.05) is 32.0 Å². The van der Waals surface area contributed by atoms with Crippen LogP contribution in [0.25, 0.3) is 10.9 Å². The highest BCUT2D eigenvalue weighted by Gasteiger charge is 2.38. The fraction of sp³-hybridized carbons (Fsp3) is 0.538. The number of rotatable bonds is 12. The number of likely N-dealkylation sites (tertiary alicyclic amines) is 1. The first-order chi connectivity index (χ1) is 17.6. The molecule has 6 N–H and O–H groups in total. The molecule has 11 heteroatoms. The van der Waals surface area contributed by atoms with Crippen LogP contribution >= 0.6 is 11.8 Å². The third-order valence-electron chi connectivity index (χ3n) is 6.80. The third kappa shape index (κ3) is 7.04. The summed E-state index contributed by atoms with van der Waals surface area (Å²) in [4.78, 5) is 56.0. The van der Waals surface area contributed by atoms with Gasteiger partial charge in [0.05, 0.1) is 6.04 Å². The first kappa shape index (κ1) is 28.5. The van der Waals surface area contributed by atoms with E-state index < -0.39 is 47.9 Å². The van der Waals surface area contributed by atoms with Gasteiger partial charge in [-0.3, -0.25) is 14.4 Å². The average Bonchev–Trinajstić information content (AvgIpc) is 3.53. The molecule has 1 aromatic heterocycles. The molecule has 1 saturated heterocycles. The van der Waals surface area contributed by atoms with Gasteiger partial charge in [0.1, 0.15) is 18.1 Å². The standard InChI is InChI=1S/C26H37N5O5S/c1-15(2)22(27)24(33)30-20(13-16-14-28-18-8-5-4-7-17(16)18)23(32)29-19(10-12-37-3)25(34)31-11-6-9-21(31)26(35)36/h4-5,7-8,14-15,19-22,28H,6,9-13,27H2,1-3H3,(H,29,32)(H,30,33)(H,35,36). The van der Waals surface area contributed by atoms with Gasteiger partial charge in [0.25, 0.3) is 0 Å². The van der Waals surface area contributed by atoms with Crippen molar-refractivity contribution in [3.05, 3.63) is 36.0 Å². The number of nitrogens with two attached hydrogens (primary N) is 1. The molecule has 3 rings (SSSR count). The van der Waals surface area contributed by atoms with Crippen LogP contribution in [0.1, 0.15) is 38.7 Å². The Morgan fingerprint density at radius 3 is 2.54 bits per heavy atom. The summed E-state index contributed by atoms with van der Waals surface area (Å²) in [7, 11) is 0. The Labute approximate surface area is 221 Å². The average molecular weight is 532 g/mol. The number of para-hydroxylation sites is 1. The van der Waals surface area contributed by atoms with Gasteiger partial charge in [-0.15, -0.1) is 0 Å². The topological polar surface area (TPSA) is 158 Å². The van der Waals surface area contributed by atoms with Crippen molar-refractivity contribution in [3.8, 4) is 0 Å². The second kappa shape index (κ2) is 13.0. The van der Waals surface area contributed by atoms with Crippen LogP contribution in [0.5, 0.6) is 0 Å². The van der Waals surface area contributed by atoms with Gasteiger partial charge in [-0.25, -0.2) is 4.79 Å². The molecule has 0 aliphatic carbocycles. The lowest BCUT2D eigenvalue weighted by Gasteiger charge is -2.29. The molecule has 0 saturated carbocycles. The van der Waals surface area contributed by atoms with E-state index in [-0.39, 0.29) is 12.3 Å². The SMILES string of the molecule is CSCCC(NC(=O)C(Cc1c[nH]c2ccccc12)NC(=O)C(N)C(C)C)C(=O)N1CCCC1C(=O)O. The zero-order valence-electron chi connectivity index (χ0n) is 21.5. The molecule has 37 heavy (non-hydrogen) atoms. The van der Waals surface area contributed by atoms with Crippen LogP contribution in [0.2, 0.25) is 0 Å². The predicted molar refractivity (Wildman–Crippen MR) is 144 cm³/mol. The monoisotopic (exact) mass is 531 g/mol. The Balaban J connectivity index is 1.84. The van der Waals surface area contributed by atoms with Crippen molar-refractivity contribution in [1.29, 1.82) is 0 Å². The Kier molecular flexibility index (Phi) is 9.99. The van der Waals surface area contributed by atoms with Gasteiger partial charge in [0.15, 0.2) is 0 Å². The molecule has 1 fully saturated rings. The molecule has 2 heterocycles. The summed E-state index contributed by atoms with van der Waals surface area (Å²) < 4.78 is 0. The molecular formula is C26H37N5O5S. The zero-order valence-corrected chi connectivity index (χ0v) is 22.3. The number of thioether (sulfide) groups is 1. The van der Waals surface area contributed by atoms with Crippen molar-refractivity contribution in [2.75, 3.05) is 18.6 Å². The van der Waals surface area contributed by atoms with Crippen LogP contribution in [0, 0.1) is 5.92 Å². The molecule has 0 spiro atoms. The van der Waals surface area contributed by atoms with Crippen LogP contribution in [-0.4, -0.2) is 81.4 Å². The van der Waals surface area contributed by atoms with E-state index in [1.165, 1.54) is 16.7 Å². The van der Waals surface area contributed by atoms with E-state index in [1.807, 2.05) is 44.4 Å². The van der Waals surface area contributed by atoms with Gasteiger partial charge in [-0.05, 0) is 48.8 Å². The van der Waals surface area contributed by atoms with E-state index in [0.29, 0.717) is 31.6 Å². The van der Waals surface area contributed by atoms with E-state index in [4.69, 9.17) is 5.73 Å². The maximum Gasteiger partial charge on any atom is 0.326 e. The second-order valence-electron chi connectivity index (χ2n) is 9.77. The van der Waals surface area contributed by atoms with Crippen molar-refractivity contribution in [1.82, 2.24) is 20.5 Å². The van der Waals surface area contributed by atoms with E-state index in [2.05, 4.69) is 15.6 Å². The number of benzene rings is 1. The highest BCUT2D eigenvalue weighted by Crippen LogP contribution is 2.21. The minimum Gasteiger partial charge on any atom is -0.480 e. The van der Waals surface area contributed by atoms with Gasteiger partial charge >= 0.3 is 5.97 Å². The molecule has 0 radical (unpaired) electrons. The number of amides is 3. The molecule has 1 aliphatic heterocycles. The second-order valence-corrected chi connectivity index (χ2v) is 10.8. The largest absolute Gasteiger partial charge is 0.480 e. The van der Waals surface area contributed by atoms with E-state index >= 15 is 0 Å². The maximum atomic E-state index is 13.6. The Morgan fingerprint density at radius 1 is 1.16 bits per heavy atom. The van der Waals surface area contributed by atoms with Crippen LogP contribution in [0.4, 0.5) is 0 Å². The molecule has 1 aliphatic rings. The van der Waals surface area contributed by atoms with Gasteiger partial charge in [-0.2, -0.15) is 11.8 Å². The number of nitrogens with one attached hydrogen (secondary N) is 3. The number of fused-ring (bicyclic) bond motifs is 1. The summed E-state index contributed by atoms with van der Waals surface area (Å²) >= 11 is 1.53. The highest BCUT2D eigenvalue weighted by atomic mass is 32.2. The zero-order chi connectivity index (χ0) is 27.1. The first-order valence-electron chi connectivity index (χ1n) is 12.6. The van der Waals surface area contributed by atoms with E-state index in [1.54, 1.807) is 6.20 Å². The summed E-state index contributed by atoms with van der Waals surface area (Å²) in [5.41, 5.74) is 7.79. The number of carboxylic acid groups (broad SMARTS) is 1. The number of carboxylic acids is 1. The third-order valence-corrected chi connectivity index (χ3v) is 7.44. The normalized spacial score (nSPS) is 18.0. The van der Waals surface area contributed by atoms with Crippen molar-refractivity contribution in [2.45, 2.75) is 63.7 Å². The van der Waals surface area contributed by atoms with Crippen LogP contribution in [0.15, 0.2) is 30.5 Å². The Hall–Kier alpha value is -3.05. The van der Waals surface area contributed by atoms with Crippen LogP contribution in [-0.2, 0) is 25.6 Å². The number of nitrogens with zero attached hydrogens (tertiary/aromatic N) is 1. The van der Waals surface area contributed by atoms with Crippen molar-refractivity contribution in [3.63, 3.8) is 0 Å². The molecule has 4 atom stereocenters. The van der Waals surface area contributed by atoms with Crippen molar-refractivity contribution < 1.29 is 24.3 Å². The lowest BCUT2D eigenvalue weighted by molar-refractivity contribution is -0.149. The summed E-state index contributed by atoms with van der Waals surface area (Å²) in [6.07, 6.45) is 5.21. The minimum absolute atomic E-state index is 0.129. The smallest absolute Gasteiger partial charge is 0.326 e. The Bertz CT molecular complexity index is 1120. The van der Waals surface area contributed by atoms with Gasteiger partial charge in [0.2, 0.25) is 17.7 Å². The van der Waals surface area contributed by atoms with E-state index in [9.17, 15) is 24.3 Å². The molecule has 202 valence electrons. The number of hydrogen-bond acceptors (Lipinski definition) is 6. The molecule has 3 amide bonds. The maximum absolute atomic E-state index is 13.6. The molecule has 1 aromatic carbocycles. The quantitative estimate of drug-likeness (QED) is 0.278. The fourth-order valence-corrected chi connectivity index (χ4v) is 5.02. The molecule has 0 bridgehead atoms. The number of H-pyrrole nitrogens is 1. The summed E-state index contributed by atoms with van der Waals surface area (Å²) in [6, 6.07) is 4.08. The summed E-state index contributed by atoms with van der Waals surface area (Å²) in [6.45, 7) is 3.98. The Morgan fingerprint density at radius 2 is 1.86 bits per heavy atom. The number of aromatic nitrogens is 1. The summed E-state index contributed by atoms with van der Waals surface area (Å²) in [5, 5.41) is 16.1. The predicted octanol–water partition coefficient (Wildman–Crippen LogP) is 1.49. The van der Waals surface area contributed by atoms with Gasteiger partial charge in [0, 0.05) is 30.1 Å². The molecule has 2 aromatic rings. The number of aliphatic carboxylic acids is 1. The fourth-order valence-electron chi connectivity index (χ4n) is 4.55. The first-order valence-corrected chi connectivity index (χ1v) is 14.0. The summed E-state index contributed by atoms with van der Waals surface area (Å²) in [5.74, 6) is -1.96. The lowest BCUT2D eigenvalue weighted by atomic mass is 10.0. The van der Waals surface area contributed by atoms with Crippen molar-refractivity contribution in [2.24, 2.45) is 11.7 Å². The minimum atomic E-state index is -1.05. The van der Waals surface area contributed by atoms with Crippen LogP contribution < -0.4 is 16.4 Å².